The Morgan fingerprint density at radius 3 is 2.67 bits per heavy atom. The molecular formula is C19H27N3O2. The van der Waals surface area contributed by atoms with E-state index < -0.39 is 0 Å². The van der Waals surface area contributed by atoms with E-state index >= 15 is 0 Å². The van der Waals surface area contributed by atoms with E-state index in [1.807, 2.05) is 38.1 Å². The van der Waals surface area contributed by atoms with Gasteiger partial charge in [0.1, 0.15) is 5.71 Å². The number of nitrogens with zero attached hydrogens (tertiary/aromatic N) is 2. The summed E-state index contributed by atoms with van der Waals surface area (Å²) in [5, 5.41) is 8.66. The van der Waals surface area contributed by atoms with Crippen molar-refractivity contribution in [1.82, 2.24) is 5.32 Å². The molecule has 1 unspecified atom stereocenters. The van der Waals surface area contributed by atoms with Crippen molar-refractivity contribution in [2.45, 2.75) is 59.4 Å². The number of nitrogens with one attached hydrogen (secondary N) is 1. The summed E-state index contributed by atoms with van der Waals surface area (Å²) in [5.74, 6) is 0.368. The maximum absolute atomic E-state index is 12.4. The molecule has 5 nitrogen and oxygen atoms in total. The first kappa shape index (κ1) is 18.2. The minimum atomic E-state index is -0.170. The normalized spacial score (nSPS) is 16.1. The van der Waals surface area contributed by atoms with E-state index in [0.717, 1.165) is 18.4 Å². The first-order valence-corrected chi connectivity index (χ1v) is 8.64. The Morgan fingerprint density at radius 1 is 1.25 bits per heavy atom. The molecule has 24 heavy (non-hydrogen) atoms. The van der Waals surface area contributed by atoms with Crippen molar-refractivity contribution < 1.29 is 9.59 Å². The molecule has 0 saturated carbocycles. The molecule has 0 fully saturated rings. The van der Waals surface area contributed by atoms with Gasteiger partial charge in [-0.25, -0.2) is 5.01 Å². The highest BCUT2D eigenvalue weighted by Gasteiger charge is 2.26. The van der Waals surface area contributed by atoms with Gasteiger partial charge in [-0.05, 0) is 50.3 Å². The van der Waals surface area contributed by atoms with Gasteiger partial charge in [-0.1, -0.05) is 26.0 Å². The van der Waals surface area contributed by atoms with Gasteiger partial charge >= 0.3 is 0 Å². The Balaban J connectivity index is 2.08. The zero-order chi connectivity index (χ0) is 17.7. The van der Waals surface area contributed by atoms with Gasteiger partial charge in [-0.3, -0.25) is 9.59 Å². The summed E-state index contributed by atoms with van der Waals surface area (Å²) < 4.78 is 0. The van der Waals surface area contributed by atoms with Crippen molar-refractivity contribution in [3.8, 4) is 0 Å². The molecule has 0 saturated heterocycles. The molecular weight excluding hydrogens is 302 g/mol. The average molecular weight is 329 g/mol. The SMILES string of the molecule is Cc1cccc(N2N=C(C(=O)NC(C)CCC(C)C)CCC2=O)c1. The Hall–Kier alpha value is -2.17. The van der Waals surface area contributed by atoms with Crippen molar-refractivity contribution >= 4 is 23.2 Å². The highest BCUT2D eigenvalue weighted by atomic mass is 16.2. The predicted molar refractivity (Wildman–Crippen MR) is 97.0 cm³/mol. The molecule has 1 N–H and O–H groups in total. The van der Waals surface area contributed by atoms with Crippen LogP contribution in [0.4, 0.5) is 5.69 Å². The van der Waals surface area contributed by atoms with Crippen molar-refractivity contribution in [2.24, 2.45) is 11.0 Å². The Kier molecular flexibility index (Phi) is 6.12. The maximum Gasteiger partial charge on any atom is 0.267 e. The Morgan fingerprint density at radius 2 is 2.00 bits per heavy atom. The second kappa shape index (κ2) is 8.08. The number of carbonyl (C=O) groups is 2. The molecule has 1 aliphatic heterocycles. The monoisotopic (exact) mass is 329 g/mol. The summed E-state index contributed by atoms with van der Waals surface area (Å²) in [4.78, 5) is 24.6. The fraction of sp³-hybridized carbons (Fsp3) is 0.526. The first-order valence-electron chi connectivity index (χ1n) is 8.64. The highest BCUT2D eigenvalue weighted by Crippen LogP contribution is 2.21. The number of carbonyl (C=O) groups excluding carboxylic acids is 2. The van der Waals surface area contributed by atoms with Gasteiger partial charge in [0.2, 0.25) is 5.91 Å². The molecule has 0 aliphatic carbocycles. The third-order valence-corrected chi connectivity index (χ3v) is 4.10. The number of benzene rings is 1. The number of aryl methyl sites for hydroxylation is 1. The standard InChI is InChI=1S/C19H27N3O2/c1-13(2)8-9-15(4)20-19(24)17-10-11-18(23)22(21-17)16-7-5-6-14(3)12-16/h5-7,12-13,15H,8-11H2,1-4H3,(H,20,24). The molecule has 1 aromatic rings. The van der Waals surface area contributed by atoms with Crippen LogP contribution in [-0.2, 0) is 9.59 Å². The summed E-state index contributed by atoms with van der Waals surface area (Å²) in [6.07, 6.45) is 2.71. The lowest BCUT2D eigenvalue weighted by molar-refractivity contribution is -0.119. The fourth-order valence-electron chi connectivity index (χ4n) is 2.64. The third kappa shape index (κ3) is 4.91. The number of amides is 2. The van der Waals surface area contributed by atoms with Crippen molar-refractivity contribution in [2.75, 3.05) is 5.01 Å². The van der Waals surface area contributed by atoms with Gasteiger partial charge in [0.05, 0.1) is 5.69 Å². The fourth-order valence-corrected chi connectivity index (χ4v) is 2.64. The van der Waals surface area contributed by atoms with E-state index in [1.165, 1.54) is 5.01 Å². The number of hydrogen-bond donors (Lipinski definition) is 1. The molecule has 5 heteroatoms. The van der Waals surface area contributed by atoms with Crippen LogP contribution in [-0.4, -0.2) is 23.6 Å². The smallest absolute Gasteiger partial charge is 0.267 e. The molecule has 2 rings (SSSR count). The van der Waals surface area contributed by atoms with Crippen LogP contribution in [0.1, 0.15) is 52.0 Å². The largest absolute Gasteiger partial charge is 0.348 e. The summed E-state index contributed by atoms with van der Waals surface area (Å²) in [6, 6.07) is 7.68. The van der Waals surface area contributed by atoms with Crippen LogP contribution >= 0.6 is 0 Å². The topological polar surface area (TPSA) is 61.8 Å². The van der Waals surface area contributed by atoms with Crippen LogP contribution < -0.4 is 10.3 Å². The van der Waals surface area contributed by atoms with Crippen molar-refractivity contribution in [3.05, 3.63) is 29.8 Å². The van der Waals surface area contributed by atoms with Gasteiger partial charge in [0.25, 0.3) is 5.91 Å². The van der Waals surface area contributed by atoms with E-state index in [2.05, 4.69) is 24.3 Å². The second-order valence-corrected chi connectivity index (χ2v) is 6.94. The van der Waals surface area contributed by atoms with E-state index in [9.17, 15) is 9.59 Å². The molecule has 0 spiro atoms. The summed E-state index contributed by atoms with van der Waals surface area (Å²) in [7, 11) is 0. The summed E-state index contributed by atoms with van der Waals surface area (Å²) >= 11 is 0. The summed E-state index contributed by atoms with van der Waals surface area (Å²) in [5.41, 5.74) is 2.18. The predicted octanol–water partition coefficient (Wildman–Crippen LogP) is 3.42. The molecule has 0 aromatic heterocycles. The number of hydrogen-bond acceptors (Lipinski definition) is 3. The molecule has 0 bridgehead atoms. The molecule has 0 radical (unpaired) electrons. The van der Waals surface area contributed by atoms with E-state index in [4.69, 9.17) is 0 Å². The van der Waals surface area contributed by atoms with Crippen LogP contribution in [0.5, 0.6) is 0 Å². The third-order valence-electron chi connectivity index (χ3n) is 4.10. The van der Waals surface area contributed by atoms with Crippen molar-refractivity contribution in [1.29, 1.82) is 0 Å². The van der Waals surface area contributed by atoms with E-state index in [0.29, 0.717) is 30.2 Å². The molecule has 2 amide bonds. The maximum atomic E-state index is 12.4. The Labute approximate surface area is 144 Å². The molecule has 130 valence electrons. The lowest BCUT2D eigenvalue weighted by Gasteiger charge is -2.24. The highest BCUT2D eigenvalue weighted by molar-refractivity contribution is 6.40. The molecule has 1 heterocycles. The lowest BCUT2D eigenvalue weighted by Crippen LogP contribution is -2.42. The first-order chi connectivity index (χ1) is 11.4. The second-order valence-electron chi connectivity index (χ2n) is 6.94. The quantitative estimate of drug-likeness (QED) is 0.869. The van der Waals surface area contributed by atoms with E-state index in [1.54, 1.807) is 0 Å². The minimum absolute atomic E-state index is 0.0787. The zero-order valence-corrected chi connectivity index (χ0v) is 15.0. The molecule has 1 aromatic carbocycles. The minimum Gasteiger partial charge on any atom is -0.348 e. The molecule has 1 atom stereocenters. The van der Waals surface area contributed by atoms with Gasteiger partial charge in [0, 0.05) is 18.9 Å². The van der Waals surface area contributed by atoms with Crippen molar-refractivity contribution in [3.63, 3.8) is 0 Å². The van der Waals surface area contributed by atoms with Gasteiger partial charge in [-0.15, -0.1) is 0 Å². The van der Waals surface area contributed by atoms with E-state index in [-0.39, 0.29) is 17.9 Å². The van der Waals surface area contributed by atoms with Crippen LogP contribution in [0, 0.1) is 12.8 Å². The summed E-state index contributed by atoms with van der Waals surface area (Å²) in [6.45, 7) is 8.31. The van der Waals surface area contributed by atoms with Crippen LogP contribution in [0.15, 0.2) is 29.4 Å². The molecule has 1 aliphatic rings. The number of hydrazone groups is 1. The van der Waals surface area contributed by atoms with Gasteiger partial charge in [0.15, 0.2) is 0 Å². The van der Waals surface area contributed by atoms with Crippen LogP contribution in [0.2, 0.25) is 0 Å². The van der Waals surface area contributed by atoms with Gasteiger partial charge < -0.3 is 5.32 Å². The number of rotatable bonds is 6. The average Bonchev–Trinajstić information content (AvgIpc) is 2.53. The van der Waals surface area contributed by atoms with Crippen LogP contribution in [0.3, 0.4) is 0 Å². The van der Waals surface area contributed by atoms with Gasteiger partial charge in [-0.2, -0.15) is 5.10 Å². The number of anilines is 1. The Bertz CT molecular complexity index is 637. The lowest BCUT2D eigenvalue weighted by atomic mass is 10.0. The van der Waals surface area contributed by atoms with Crippen LogP contribution in [0.25, 0.3) is 0 Å². The zero-order valence-electron chi connectivity index (χ0n) is 15.0.